The van der Waals surface area contributed by atoms with E-state index in [9.17, 15) is 0 Å². The van der Waals surface area contributed by atoms with Crippen LogP contribution < -0.4 is 0 Å². The molecule has 0 saturated heterocycles. The molecule has 0 bridgehead atoms. The van der Waals surface area contributed by atoms with Crippen LogP contribution in [-0.2, 0) is 0 Å². The first-order valence-corrected chi connectivity index (χ1v) is 4.31. The van der Waals surface area contributed by atoms with Gasteiger partial charge in [0, 0.05) is 16.7 Å². The Morgan fingerprint density at radius 3 is 2.40 bits per heavy atom. The Morgan fingerprint density at radius 2 is 2.20 bits per heavy atom. The fourth-order valence-corrected chi connectivity index (χ4v) is 1.75. The zero-order valence-electron chi connectivity index (χ0n) is 5.94. The smallest absolute Gasteiger partial charge is 0.110 e. The van der Waals surface area contributed by atoms with Crippen molar-refractivity contribution < 1.29 is 0 Å². The molecule has 0 saturated carbocycles. The predicted octanol–water partition coefficient (Wildman–Crippen LogP) is 3.48. The molecule has 3 heteroatoms. The number of aromatic nitrogens is 1. The molecule has 0 spiro atoms. The predicted molar refractivity (Wildman–Crippen MR) is 47.5 cm³/mol. The summed E-state index contributed by atoms with van der Waals surface area (Å²) in [6.07, 6.45) is 1.98. The van der Waals surface area contributed by atoms with Gasteiger partial charge in [-0.15, -0.1) is 0 Å². The van der Waals surface area contributed by atoms with E-state index in [1.807, 2.05) is 16.8 Å². The number of hydrogen-bond acceptors (Lipinski definition) is 0. The fraction of sp³-hybridized carbons (Fsp3) is 0.429. The minimum Gasteiger partial charge on any atom is -0.335 e. The van der Waals surface area contributed by atoms with Crippen LogP contribution in [-0.4, -0.2) is 4.57 Å². The molecule has 0 radical (unpaired) electrons. The highest BCUT2D eigenvalue weighted by molar-refractivity contribution is 9.10. The van der Waals surface area contributed by atoms with E-state index in [4.69, 9.17) is 11.6 Å². The molecular formula is C7H9BrClN. The van der Waals surface area contributed by atoms with Gasteiger partial charge in [0.2, 0.25) is 0 Å². The molecule has 1 nitrogen and oxygen atoms in total. The van der Waals surface area contributed by atoms with Gasteiger partial charge in [0.15, 0.2) is 0 Å². The molecule has 0 aromatic carbocycles. The minimum atomic E-state index is 0.429. The van der Waals surface area contributed by atoms with Crippen LogP contribution >= 0.6 is 27.5 Å². The Bertz CT molecular complexity index is 230. The summed E-state index contributed by atoms with van der Waals surface area (Å²) in [6.45, 7) is 4.19. The van der Waals surface area contributed by atoms with Crippen LogP contribution in [0.1, 0.15) is 19.9 Å². The average Bonchev–Trinajstić information content (AvgIpc) is 2.10. The monoisotopic (exact) mass is 221 g/mol. The normalized spacial score (nSPS) is 10.9. The van der Waals surface area contributed by atoms with Gasteiger partial charge in [-0.2, -0.15) is 0 Å². The van der Waals surface area contributed by atoms with Crippen LogP contribution in [0, 0.1) is 0 Å². The second-order valence-corrected chi connectivity index (χ2v) is 3.78. The Kier molecular flexibility index (Phi) is 2.42. The lowest BCUT2D eigenvalue weighted by molar-refractivity contribution is 0.604. The summed E-state index contributed by atoms with van der Waals surface area (Å²) in [4.78, 5) is 0. The molecule has 0 atom stereocenters. The summed E-state index contributed by atoms with van der Waals surface area (Å²) < 4.78 is 3.04. The maximum atomic E-state index is 5.87. The van der Waals surface area contributed by atoms with Gasteiger partial charge >= 0.3 is 0 Å². The summed E-state index contributed by atoms with van der Waals surface area (Å²) in [5, 5.41) is 0.780. The van der Waals surface area contributed by atoms with E-state index in [1.54, 1.807) is 0 Å². The van der Waals surface area contributed by atoms with Crippen molar-refractivity contribution in [3.8, 4) is 0 Å². The molecule has 0 unspecified atom stereocenters. The highest BCUT2D eigenvalue weighted by Crippen LogP contribution is 2.22. The van der Waals surface area contributed by atoms with Gasteiger partial charge in [0.05, 0.1) is 0 Å². The zero-order valence-corrected chi connectivity index (χ0v) is 8.28. The van der Waals surface area contributed by atoms with Crippen LogP contribution in [0.2, 0.25) is 5.15 Å². The molecule has 56 valence electrons. The van der Waals surface area contributed by atoms with Crippen LogP contribution in [0.4, 0.5) is 0 Å². The van der Waals surface area contributed by atoms with Crippen LogP contribution in [0.5, 0.6) is 0 Å². The second-order valence-electron chi connectivity index (χ2n) is 2.48. The molecule has 0 amide bonds. The van der Waals surface area contributed by atoms with E-state index in [0.717, 1.165) is 9.63 Å². The first-order valence-electron chi connectivity index (χ1n) is 3.14. The Hall–Kier alpha value is 0.0500. The van der Waals surface area contributed by atoms with Gasteiger partial charge in [-0.1, -0.05) is 11.6 Å². The van der Waals surface area contributed by atoms with Gasteiger partial charge < -0.3 is 4.57 Å². The SMILES string of the molecule is CC(C)n1cc(Br)cc1Cl. The zero-order chi connectivity index (χ0) is 7.72. The third kappa shape index (κ3) is 1.55. The molecule has 0 fully saturated rings. The standard InChI is InChI=1S/C7H9BrClN/c1-5(2)10-4-6(8)3-7(10)9/h3-5H,1-2H3. The topological polar surface area (TPSA) is 4.93 Å². The lowest BCUT2D eigenvalue weighted by atomic mass is 10.4. The van der Waals surface area contributed by atoms with Crippen molar-refractivity contribution in [3.05, 3.63) is 21.9 Å². The van der Waals surface area contributed by atoms with Crippen molar-refractivity contribution in [2.24, 2.45) is 0 Å². The van der Waals surface area contributed by atoms with E-state index in [-0.39, 0.29) is 0 Å². The van der Waals surface area contributed by atoms with Crippen molar-refractivity contribution >= 4 is 27.5 Å². The number of rotatable bonds is 1. The first kappa shape index (κ1) is 8.15. The lowest BCUT2D eigenvalue weighted by Crippen LogP contribution is -1.97. The summed E-state index contributed by atoms with van der Waals surface area (Å²) in [7, 11) is 0. The molecule has 1 aromatic rings. The first-order chi connectivity index (χ1) is 4.61. The van der Waals surface area contributed by atoms with Gasteiger partial charge in [-0.3, -0.25) is 0 Å². The van der Waals surface area contributed by atoms with E-state index < -0.39 is 0 Å². The number of nitrogens with zero attached hydrogens (tertiary/aromatic N) is 1. The Labute approximate surface area is 74.1 Å². The number of hydrogen-bond donors (Lipinski definition) is 0. The molecule has 1 aromatic heterocycles. The molecule has 10 heavy (non-hydrogen) atoms. The Balaban J connectivity index is 3.03. The average molecular weight is 223 g/mol. The van der Waals surface area contributed by atoms with Crippen LogP contribution in [0.3, 0.4) is 0 Å². The molecule has 0 N–H and O–H groups in total. The van der Waals surface area contributed by atoms with E-state index in [0.29, 0.717) is 6.04 Å². The molecular weight excluding hydrogens is 213 g/mol. The maximum absolute atomic E-state index is 5.87. The highest BCUT2D eigenvalue weighted by atomic mass is 79.9. The third-order valence-corrected chi connectivity index (χ3v) is 2.06. The lowest BCUT2D eigenvalue weighted by Gasteiger charge is -2.07. The largest absolute Gasteiger partial charge is 0.335 e. The maximum Gasteiger partial charge on any atom is 0.110 e. The molecule has 0 aliphatic heterocycles. The van der Waals surface area contributed by atoms with E-state index in [2.05, 4.69) is 29.8 Å². The summed E-state index contributed by atoms with van der Waals surface area (Å²) in [5.74, 6) is 0. The summed E-state index contributed by atoms with van der Waals surface area (Å²) in [6, 6.07) is 2.32. The van der Waals surface area contributed by atoms with E-state index in [1.165, 1.54) is 0 Å². The highest BCUT2D eigenvalue weighted by Gasteiger charge is 2.03. The van der Waals surface area contributed by atoms with Gasteiger partial charge in [0.1, 0.15) is 5.15 Å². The van der Waals surface area contributed by atoms with Crippen molar-refractivity contribution in [1.82, 2.24) is 4.57 Å². The third-order valence-electron chi connectivity index (χ3n) is 1.32. The molecule has 1 heterocycles. The van der Waals surface area contributed by atoms with Gasteiger partial charge in [-0.05, 0) is 35.8 Å². The van der Waals surface area contributed by atoms with E-state index >= 15 is 0 Å². The van der Waals surface area contributed by atoms with Gasteiger partial charge in [-0.25, -0.2) is 0 Å². The molecule has 0 aliphatic rings. The second kappa shape index (κ2) is 2.97. The number of halogens is 2. The van der Waals surface area contributed by atoms with Crippen molar-refractivity contribution in [2.75, 3.05) is 0 Å². The summed E-state index contributed by atoms with van der Waals surface area (Å²) in [5.41, 5.74) is 0. The van der Waals surface area contributed by atoms with Crippen molar-refractivity contribution in [1.29, 1.82) is 0 Å². The molecule has 1 rings (SSSR count). The van der Waals surface area contributed by atoms with Crippen LogP contribution in [0.25, 0.3) is 0 Å². The van der Waals surface area contributed by atoms with Gasteiger partial charge in [0.25, 0.3) is 0 Å². The van der Waals surface area contributed by atoms with Crippen molar-refractivity contribution in [2.45, 2.75) is 19.9 Å². The minimum absolute atomic E-state index is 0.429. The summed E-state index contributed by atoms with van der Waals surface area (Å²) >= 11 is 9.22. The quantitative estimate of drug-likeness (QED) is 0.685. The van der Waals surface area contributed by atoms with Crippen LogP contribution in [0.15, 0.2) is 16.7 Å². The fourth-order valence-electron chi connectivity index (χ4n) is 0.816. The molecule has 0 aliphatic carbocycles. The Morgan fingerprint density at radius 1 is 1.60 bits per heavy atom. The van der Waals surface area contributed by atoms with Crippen molar-refractivity contribution in [3.63, 3.8) is 0 Å².